The molecule has 15 heavy (non-hydrogen) atoms. The van der Waals surface area contributed by atoms with Crippen LogP contribution in [0, 0.1) is 12.7 Å². The Morgan fingerprint density at radius 1 is 1.20 bits per heavy atom. The Kier molecular flexibility index (Phi) is 2.69. The van der Waals surface area contributed by atoms with Crippen molar-refractivity contribution in [3.05, 3.63) is 53.1 Å². The standard InChI is InChI=1S/C12H9ClFN/c1-8-5-6-11(12(13)15-8)9-3-2-4-10(14)7-9/h2-7H,1H3. The molecule has 0 aliphatic heterocycles. The van der Waals surface area contributed by atoms with Crippen molar-refractivity contribution in [3.63, 3.8) is 0 Å². The number of aromatic nitrogens is 1. The van der Waals surface area contributed by atoms with Gasteiger partial charge in [0, 0.05) is 11.3 Å². The molecule has 0 aliphatic carbocycles. The van der Waals surface area contributed by atoms with Gasteiger partial charge in [0.2, 0.25) is 0 Å². The van der Waals surface area contributed by atoms with Crippen molar-refractivity contribution in [1.29, 1.82) is 0 Å². The van der Waals surface area contributed by atoms with Gasteiger partial charge in [-0.05, 0) is 36.8 Å². The van der Waals surface area contributed by atoms with E-state index in [0.717, 1.165) is 16.8 Å². The number of pyridine rings is 1. The van der Waals surface area contributed by atoms with Crippen LogP contribution in [0.2, 0.25) is 5.15 Å². The van der Waals surface area contributed by atoms with E-state index in [1.807, 2.05) is 19.1 Å². The zero-order valence-corrected chi connectivity index (χ0v) is 8.92. The van der Waals surface area contributed by atoms with Crippen molar-refractivity contribution in [2.75, 3.05) is 0 Å². The van der Waals surface area contributed by atoms with Crippen LogP contribution in [-0.4, -0.2) is 4.98 Å². The molecule has 3 heteroatoms. The summed E-state index contributed by atoms with van der Waals surface area (Å²) in [6.07, 6.45) is 0. The average molecular weight is 222 g/mol. The fraction of sp³-hybridized carbons (Fsp3) is 0.0833. The lowest BCUT2D eigenvalue weighted by molar-refractivity contribution is 0.628. The summed E-state index contributed by atoms with van der Waals surface area (Å²) in [5, 5.41) is 0.403. The lowest BCUT2D eigenvalue weighted by Gasteiger charge is -2.04. The Morgan fingerprint density at radius 3 is 2.67 bits per heavy atom. The third-order valence-electron chi connectivity index (χ3n) is 2.12. The third-order valence-corrected chi connectivity index (χ3v) is 2.41. The van der Waals surface area contributed by atoms with Crippen LogP contribution in [0.5, 0.6) is 0 Å². The highest BCUT2D eigenvalue weighted by molar-refractivity contribution is 6.32. The van der Waals surface area contributed by atoms with Gasteiger partial charge in [0.25, 0.3) is 0 Å². The van der Waals surface area contributed by atoms with E-state index < -0.39 is 0 Å². The van der Waals surface area contributed by atoms with Crippen LogP contribution in [0.1, 0.15) is 5.69 Å². The molecule has 0 fully saturated rings. The van der Waals surface area contributed by atoms with Gasteiger partial charge in [-0.2, -0.15) is 0 Å². The summed E-state index contributed by atoms with van der Waals surface area (Å²) >= 11 is 5.98. The molecule has 0 saturated carbocycles. The van der Waals surface area contributed by atoms with Gasteiger partial charge in [0.1, 0.15) is 11.0 Å². The van der Waals surface area contributed by atoms with E-state index in [4.69, 9.17) is 11.6 Å². The molecule has 1 aromatic heterocycles. The maximum Gasteiger partial charge on any atom is 0.137 e. The fourth-order valence-corrected chi connectivity index (χ4v) is 1.70. The van der Waals surface area contributed by atoms with Gasteiger partial charge in [-0.25, -0.2) is 9.37 Å². The summed E-state index contributed by atoms with van der Waals surface area (Å²) in [5.41, 5.74) is 2.34. The molecule has 0 amide bonds. The highest BCUT2D eigenvalue weighted by Gasteiger charge is 2.05. The molecule has 0 spiro atoms. The Labute approximate surface area is 92.5 Å². The van der Waals surface area contributed by atoms with Crippen molar-refractivity contribution in [3.8, 4) is 11.1 Å². The molecular weight excluding hydrogens is 213 g/mol. The molecule has 76 valence electrons. The number of halogens is 2. The van der Waals surface area contributed by atoms with Crippen molar-refractivity contribution >= 4 is 11.6 Å². The van der Waals surface area contributed by atoms with Gasteiger partial charge in [-0.1, -0.05) is 23.7 Å². The molecule has 0 radical (unpaired) electrons. The minimum absolute atomic E-state index is 0.274. The molecule has 0 unspecified atom stereocenters. The number of hydrogen-bond donors (Lipinski definition) is 0. The highest BCUT2D eigenvalue weighted by Crippen LogP contribution is 2.26. The zero-order chi connectivity index (χ0) is 10.8. The zero-order valence-electron chi connectivity index (χ0n) is 8.17. The quantitative estimate of drug-likeness (QED) is 0.667. The van der Waals surface area contributed by atoms with Crippen molar-refractivity contribution < 1.29 is 4.39 Å². The SMILES string of the molecule is Cc1ccc(-c2cccc(F)c2)c(Cl)n1. The normalized spacial score (nSPS) is 10.3. The van der Waals surface area contributed by atoms with E-state index in [1.54, 1.807) is 12.1 Å². The molecule has 2 aromatic rings. The van der Waals surface area contributed by atoms with E-state index >= 15 is 0 Å². The van der Waals surface area contributed by atoms with E-state index in [2.05, 4.69) is 4.98 Å². The average Bonchev–Trinajstić information content (AvgIpc) is 2.17. The number of rotatable bonds is 1. The number of nitrogens with zero attached hydrogens (tertiary/aromatic N) is 1. The minimum Gasteiger partial charge on any atom is -0.241 e. The predicted octanol–water partition coefficient (Wildman–Crippen LogP) is 3.85. The summed E-state index contributed by atoms with van der Waals surface area (Å²) in [4.78, 5) is 4.12. The molecule has 1 heterocycles. The first-order valence-electron chi connectivity index (χ1n) is 4.56. The summed E-state index contributed by atoms with van der Waals surface area (Å²) in [6, 6.07) is 10.0. The molecule has 0 N–H and O–H groups in total. The molecule has 0 saturated heterocycles. The van der Waals surface area contributed by atoms with Crippen molar-refractivity contribution in [1.82, 2.24) is 4.98 Å². The van der Waals surface area contributed by atoms with E-state index in [-0.39, 0.29) is 5.82 Å². The smallest absolute Gasteiger partial charge is 0.137 e. The van der Waals surface area contributed by atoms with Crippen LogP contribution in [0.25, 0.3) is 11.1 Å². The van der Waals surface area contributed by atoms with Crippen LogP contribution in [0.4, 0.5) is 4.39 Å². The second-order valence-corrected chi connectivity index (χ2v) is 3.66. The second kappa shape index (κ2) is 3.99. The van der Waals surface area contributed by atoms with Crippen LogP contribution >= 0.6 is 11.6 Å². The Balaban J connectivity index is 2.54. The van der Waals surface area contributed by atoms with Gasteiger partial charge in [0.15, 0.2) is 0 Å². The maximum absolute atomic E-state index is 13.0. The highest BCUT2D eigenvalue weighted by atomic mass is 35.5. The Bertz CT molecular complexity index is 497. The molecule has 0 bridgehead atoms. The fourth-order valence-electron chi connectivity index (χ4n) is 1.40. The van der Waals surface area contributed by atoms with Gasteiger partial charge in [-0.15, -0.1) is 0 Å². The first kappa shape index (κ1) is 10.1. The summed E-state index contributed by atoms with van der Waals surface area (Å²) in [7, 11) is 0. The van der Waals surface area contributed by atoms with E-state index in [0.29, 0.717) is 5.15 Å². The Morgan fingerprint density at radius 2 is 2.00 bits per heavy atom. The van der Waals surface area contributed by atoms with Gasteiger partial charge < -0.3 is 0 Å². The largest absolute Gasteiger partial charge is 0.241 e. The van der Waals surface area contributed by atoms with Crippen LogP contribution < -0.4 is 0 Å². The monoisotopic (exact) mass is 221 g/mol. The lowest BCUT2D eigenvalue weighted by atomic mass is 10.1. The maximum atomic E-state index is 13.0. The second-order valence-electron chi connectivity index (χ2n) is 3.30. The van der Waals surface area contributed by atoms with E-state index in [9.17, 15) is 4.39 Å². The lowest BCUT2D eigenvalue weighted by Crippen LogP contribution is -1.86. The van der Waals surface area contributed by atoms with Gasteiger partial charge in [0.05, 0.1) is 0 Å². The van der Waals surface area contributed by atoms with Crippen LogP contribution in [0.3, 0.4) is 0 Å². The molecule has 2 rings (SSSR count). The number of aryl methyl sites for hydroxylation is 1. The topological polar surface area (TPSA) is 12.9 Å². The number of benzene rings is 1. The van der Waals surface area contributed by atoms with E-state index in [1.165, 1.54) is 12.1 Å². The molecule has 1 aromatic carbocycles. The van der Waals surface area contributed by atoms with Crippen molar-refractivity contribution in [2.45, 2.75) is 6.92 Å². The first-order chi connectivity index (χ1) is 7.16. The Hall–Kier alpha value is -1.41. The predicted molar refractivity (Wildman–Crippen MR) is 59.4 cm³/mol. The molecular formula is C12H9ClFN. The van der Waals surface area contributed by atoms with Gasteiger partial charge in [-0.3, -0.25) is 0 Å². The summed E-state index contributed by atoms with van der Waals surface area (Å²) < 4.78 is 13.0. The molecule has 0 aliphatic rings. The molecule has 1 nitrogen and oxygen atoms in total. The third kappa shape index (κ3) is 2.16. The number of hydrogen-bond acceptors (Lipinski definition) is 1. The van der Waals surface area contributed by atoms with Crippen LogP contribution in [0.15, 0.2) is 36.4 Å². The van der Waals surface area contributed by atoms with Gasteiger partial charge >= 0.3 is 0 Å². The van der Waals surface area contributed by atoms with Crippen LogP contribution in [-0.2, 0) is 0 Å². The first-order valence-corrected chi connectivity index (χ1v) is 4.94. The summed E-state index contributed by atoms with van der Waals surface area (Å²) in [5.74, 6) is -0.274. The summed E-state index contributed by atoms with van der Waals surface area (Å²) in [6.45, 7) is 1.86. The molecule has 0 atom stereocenters. The minimum atomic E-state index is -0.274. The van der Waals surface area contributed by atoms with Crippen molar-refractivity contribution in [2.24, 2.45) is 0 Å².